The monoisotopic (exact) mass is 525 g/mol. The summed E-state index contributed by atoms with van der Waals surface area (Å²) in [5, 5.41) is 8.86. The Balaban J connectivity index is 1.34. The summed E-state index contributed by atoms with van der Waals surface area (Å²) in [7, 11) is 0. The maximum Gasteiger partial charge on any atom is 0.258 e. The summed E-state index contributed by atoms with van der Waals surface area (Å²) in [6.07, 6.45) is 0. The van der Waals surface area contributed by atoms with Crippen molar-refractivity contribution in [2.45, 2.75) is 0 Å². The van der Waals surface area contributed by atoms with Gasteiger partial charge >= 0.3 is 0 Å². The average molecular weight is 527 g/mol. The van der Waals surface area contributed by atoms with Crippen LogP contribution in [-0.2, 0) is 0 Å². The fourth-order valence-electron chi connectivity index (χ4n) is 3.56. The van der Waals surface area contributed by atoms with Gasteiger partial charge in [0.2, 0.25) is 5.89 Å². The molecule has 0 unspecified atom stereocenters. The number of thiocarbonyl (C=S) groups is 1. The van der Waals surface area contributed by atoms with Crippen molar-refractivity contribution in [1.29, 1.82) is 0 Å². The van der Waals surface area contributed by atoms with E-state index in [1.165, 1.54) is 0 Å². The van der Waals surface area contributed by atoms with E-state index in [0.29, 0.717) is 48.9 Å². The van der Waals surface area contributed by atoms with Crippen LogP contribution in [-0.4, -0.2) is 16.0 Å². The van der Waals surface area contributed by atoms with Crippen molar-refractivity contribution in [3.8, 4) is 11.5 Å². The van der Waals surface area contributed by atoms with E-state index in [1.807, 2.05) is 12.1 Å². The predicted octanol–water partition coefficient (Wildman–Crippen LogP) is 7.74. The van der Waals surface area contributed by atoms with E-state index in [1.54, 1.807) is 60.7 Å². The number of oxazole rings is 1. The molecule has 5 nitrogen and oxygen atoms in total. The lowest BCUT2D eigenvalue weighted by Crippen LogP contribution is -2.34. The SMILES string of the molecule is O=C(NC(=S)Nc1ccc2oc(-c3ccc(Cl)c(Cl)c3)nc2c1)c1cccc2c(Cl)cccc12. The second-order valence-electron chi connectivity index (χ2n) is 7.38. The highest BCUT2D eigenvalue weighted by Gasteiger charge is 2.14. The topological polar surface area (TPSA) is 67.2 Å². The summed E-state index contributed by atoms with van der Waals surface area (Å²) in [5.74, 6) is 0.0750. The molecule has 168 valence electrons. The number of anilines is 1. The van der Waals surface area contributed by atoms with Gasteiger partial charge in [-0.15, -0.1) is 0 Å². The highest BCUT2D eigenvalue weighted by Crippen LogP contribution is 2.31. The van der Waals surface area contributed by atoms with Crippen molar-refractivity contribution in [2.24, 2.45) is 0 Å². The standard InChI is InChI=1S/C25H14Cl3N3O2S/c26-18-6-2-3-15-16(18)4-1-5-17(15)23(32)31-25(34)29-14-8-10-22-21(12-14)30-24(33-22)13-7-9-19(27)20(28)11-13/h1-12H,(H2,29,31,32,34). The van der Waals surface area contributed by atoms with E-state index >= 15 is 0 Å². The molecule has 9 heteroatoms. The maximum absolute atomic E-state index is 12.9. The molecule has 0 saturated heterocycles. The summed E-state index contributed by atoms with van der Waals surface area (Å²) in [6.45, 7) is 0. The predicted molar refractivity (Wildman–Crippen MR) is 142 cm³/mol. The molecule has 5 aromatic rings. The van der Waals surface area contributed by atoms with Gasteiger partial charge in [0.1, 0.15) is 5.52 Å². The van der Waals surface area contributed by atoms with Crippen LogP contribution in [0.3, 0.4) is 0 Å². The van der Waals surface area contributed by atoms with E-state index in [9.17, 15) is 4.79 Å². The molecule has 34 heavy (non-hydrogen) atoms. The lowest BCUT2D eigenvalue weighted by molar-refractivity contribution is 0.0979. The molecule has 0 aliphatic rings. The summed E-state index contributed by atoms with van der Waals surface area (Å²) in [5.41, 5.74) is 3.03. The van der Waals surface area contributed by atoms with Crippen molar-refractivity contribution in [3.05, 3.63) is 93.4 Å². The smallest absolute Gasteiger partial charge is 0.258 e. The molecule has 1 aromatic heterocycles. The largest absolute Gasteiger partial charge is 0.436 e. The van der Waals surface area contributed by atoms with Gasteiger partial charge in [0.25, 0.3) is 5.91 Å². The highest BCUT2D eigenvalue weighted by molar-refractivity contribution is 7.80. The van der Waals surface area contributed by atoms with Crippen LogP contribution in [0.1, 0.15) is 10.4 Å². The molecule has 1 amide bonds. The Labute approximate surface area is 214 Å². The van der Waals surface area contributed by atoms with Crippen molar-refractivity contribution < 1.29 is 9.21 Å². The number of halogens is 3. The minimum atomic E-state index is -0.338. The number of benzene rings is 4. The molecule has 2 N–H and O–H groups in total. The Morgan fingerprint density at radius 2 is 1.65 bits per heavy atom. The number of carbonyl (C=O) groups excluding carboxylic acids is 1. The Kier molecular flexibility index (Phi) is 6.15. The van der Waals surface area contributed by atoms with E-state index < -0.39 is 0 Å². The quantitative estimate of drug-likeness (QED) is 0.235. The van der Waals surface area contributed by atoms with Gasteiger partial charge in [-0.05, 0) is 66.1 Å². The zero-order valence-electron chi connectivity index (χ0n) is 17.2. The number of nitrogens with one attached hydrogen (secondary N) is 2. The van der Waals surface area contributed by atoms with Crippen molar-refractivity contribution in [1.82, 2.24) is 10.3 Å². The number of hydrogen-bond acceptors (Lipinski definition) is 4. The Hall–Kier alpha value is -3.16. The van der Waals surface area contributed by atoms with Gasteiger partial charge in [-0.2, -0.15) is 0 Å². The molecule has 1 heterocycles. The van der Waals surface area contributed by atoms with Gasteiger partial charge in [-0.3, -0.25) is 10.1 Å². The molecule has 0 fully saturated rings. The van der Waals surface area contributed by atoms with Crippen LogP contribution in [0.15, 0.2) is 77.2 Å². The maximum atomic E-state index is 12.9. The number of nitrogens with zero attached hydrogens (tertiary/aromatic N) is 1. The van der Waals surface area contributed by atoms with Gasteiger partial charge in [-0.1, -0.05) is 59.1 Å². The fraction of sp³-hybridized carbons (Fsp3) is 0. The minimum absolute atomic E-state index is 0.150. The van der Waals surface area contributed by atoms with Gasteiger partial charge < -0.3 is 9.73 Å². The lowest BCUT2D eigenvalue weighted by atomic mass is 10.0. The van der Waals surface area contributed by atoms with E-state index in [-0.39, 0.29) is 11.0 Å². The van der Waals surface area contributed by atoms with Crippen molar-refractivity contribution >= 4 is 85.6 Å². The van der Waals surface area contributed by atoms with Crippen molar-refractivity contribution in [3.63, 3.8) is 0 Å². The molecule has 4 aromatic carbocycles. The molecule has 0 saturated carbocycles. The summed E-state index contributed by atoms with van der Waals surface area (Å²) >= 11 is 23.7. The third-order valence-electron chi connectivity index (χ3n) is 5.15. The first-order valence-corrected chi connectivity index (χ1v) is 11.6. The third kappa shape index (κ3) is 4.45. The molecular weight excluding hydrogens is 513 g/mol. The van der Waals surface area contributed by atoms with Crippen LogP contribution in [0.4, 0.5) is 5.69 Å². The van der Waals surface area contributed by atoms with Crippen LogP contribution in [0.2, 0.25) is 15.1 Å². The Morgan fingerprint density at radius 3 is 2.47 bits per heavy atom. The van der Waals surface area contributed by atoms with Crippen LogP contribution in [0, 0.1) is 0 Å². The molecule has 0 atom stereocenters. The van der Waals surface area contributed by atoms with E-state index in [4.69, 9.17) is 51.4 Å². The molecule has 0 aliphatic carbocycles. The molecule has 0 spiro atoms. The molecule has 0 aliphatic heterocycles. The van der Waals surface area contributed by atoms with Crippen LogP contribution in [0.5, 0.6) is 0 Å². The number of hydrogen-bond donors (Lipinski definition) is 2. The highest BCUT2D eigenvalue weighted by atomic mass is 35.5. The van der Waals surface area contributed by atoms with Gasteiger partial charge in [0, 0.05) is 27.2 Å². The molecule has 5 rings (SSSR count). The van der Waals surface area contributed by atoms with Gasteiger partial charge in [0.15, 0.2) is 10.7 Å². The fourth-order valence-corrected chi connectivity index (χ4v) is 4.31. The Morgan fingerprint density at radius 1 is 0.853 bits per heavy atom. The number of amides is 1. The second-order valence-corrected chi connectivity index (χ2v) is 9.01. The van der Waals surface area contributed by atoms with E-state index in [2.05, 4.69) is 15.6 Å². The zero-order chi connectivity index (χ0) is 23.8. The number of carbonyl (C=O) groups is 1. The van der Waals surface area contributed by atoms with Crippen LogP contribution >= 0.6 is 47.0 Å². The summed E-state index contributed by atoms with van der Waals surface area (Å²) < 4.78 is 5.83. The number of fused-ring (bicyclic) bond motifs is 2. The first-order chi connectivity index (χ1) is 16.4. The average Bonchev–Trinajstić information content (AvgIpc) is 3.24. The zero-order valence-corrected chi connectivity index (χ0v) is 20.3. The molecule has 0 radical (unpaired) electrons. The first-order valence-electron chi connectivity index (χ1n) is 10.0. The number of rotatable bonds is 3. The van der Waals surface area contributed by atoms with Crippen LogP contribution in [0.25, 0.3) is 33.3 Å². The van der Waals surface area contributed by atoms with Crippen LogP contribution < -0.4 is 10.6 Å². The molecule has 0 bridgehead atoms. The minimum Gasteiger partial charge on any atom is -0.436 e. The van der Waals surface area contributed by atoms with E-state index in [0.717, 1.165) is 10.8 Å². The normalized spacial score (nSPS) is 11.0. The lowest BCUT2D eigenvalue weighted by Gasteiger charge is -2.11. The third-order valence-corrected chi connectivity index (χ3v) is 6.43. The molecular formula is C25H14Cl3N3O2S. The Bertz CT molecular complexity index is 1600. The van der Waals surface area contributed by atoms with Crippen molar-refractivity contribution in [2.75, 3.05) is 5.32 Å². The summed E-state index contributed by atoms with van der Waals surface area (Å²) in [4.78, 5) is 17.4. The first kappa shape index (κ1) is 22.6. The number of aromatic nitrogens is 1. The van der Waals surface area contributed by atoms with Gasteiger partial charge in [0.05, 0.1) is 10.0 Å². The van der Waals surface area contributed by atoms with Gasteiger partial charge in [-0.25, -0.2) is 4.98 Å². The summed E-state index contributed by atoms with van der Waals surface area (Å²) in [6, 6.07) is 21.3. The second kappa shape index (κ2) is 9.24.